The Labute approximate surface area is 173 Å². The van der Waals surface area contributed by atoms with Crippen molar-refractivity contribution < 1.29 is 4.74 Å². The van der Waals surface area contributed by atoms with E-state index in [1.54, 1.807) is 18.9 Å². The predicted molar refractivity (Wildman–Crippen MR) is 122 cm³/mol. The fourth-order valence-electron chi connectivity index (χ4n) is 2.72. The van der Waals surface area contributed by atoms with Gasteiger partial charge < -0.3 is 4.74 Å². The van der Waals surface area contributed by atoms with Gasteiger partial charge in [-0.2, -0.15) is 0 Å². The fraction of sp³-hybridized carbons (Fsp3) is 0.417. The van der Waals surface area contributed by atoms with E-state index in [0.29, 0.717) is 0 Å². The van der Waals surface area contributed by atoms with Crippen molar-refractivity contribution in [3.05, 3.63) is 60.2 Å². The maximum absolute atomic E-state index is 5.21. The normalized spacial score (nSPS) is 11.5. The first-order valence-electron chi connectivity index (χ1n) is 9.81. The Balaban J connectivity index is 1.87. The van der Waals surface area contributed by atoms with Crippen LogP contribution in [0, 0.1) is 11.2 Å². The van der Waals surface area contributed by atoms with Gasteiger partial charge in [0.25, 0.3) is 0 Å². The van der Waals surface area contributed by atoms with E-state index in [9.17, 15) is 0 Å². The molecule has 0 aliphatic carbocycles. The third-order valence-electron chi connectivity index (χ3n) is 4.30. The standard InChI is InChI=1S/C24H30OS2/c1-3-4-5-6-7-11-19-27-24(21-12-9-8-10-13-21)18-20-26-23-16-14-22(25-2)15-17-23/h8-10,12-17,24H,3-7,11,19H2,1-2H3/t24-/m1/s1. The molecule has 0 aliphatic heterocycles. The van der Waals surface area contributed by atoms with Gasteiger partial charge in [0.2, 0.25) is 0 Å². The second-order valence-corrected chi connectivity index (χ2v) is 8.55. The highest BCUT2D eigenvalue weighted by molar-refractivity contribution is 8.04. The molecule has 0 heterocycles. The van der Waals surface area contributed by atoms with Crippen molar-refractivity contribution in [1.29, 1.82) is 0 Å². The first kappa shape index (κ1) is 21.8. The van der Waals surface area contributed by atoms with E-state index in [4.69, 9.17) is 4.74 Å². The van der Waals surface area contributed by atoms with E-state index < -0.39 is 0 Å². The SMILES string of the molecule is CCCCCCCCS[C@H](C#CSc1ccc(OC)cc1)c1ccccc1. The highest BCUT2D eigenvalue weighted by Crippen LogP contribution is 2.30. The molecule has 0 aromatic heterocycles. The number of methoxy groups -OCH3 is 1. The quantitative estimate of drug-likeness (QED) is 0.219. The van der Waals surface area contributed by atoms with Crippen LogP contribution in [-0.4, -0.2) is 12.9 Å². The lowest BCUT2D eigenvalue weighted by Gasteiger charge is -2.11. The smallest absolute Gasteiger partial charge is 0.118 e. The summed E-state index contributed by atoms with van der Waals surface area (Å²) in [6.45, 7) is 2.27. The van der Waals surface area contributed by atoms with Gasteiger partial charge in [0.05, 0.1) is 12.4 Å². The summed E-state index contributed by atoms with van der Waals surface area (Å²) in [5.41, 5.74) is 1.30. The Bertz CT molecular complexity index is 686. The van der Waals surface area contributed by atoms with Crippen LogP contribution in [0.25, 0.3) is 0 Å². The van der Waals surface area contributed by atoms with E-state index in [-0.39, 0.29) is 5.25 Å². The zero-order valence-electron chi connectivity index (χ0n) is 16.4. The van der Waals surface area contributed by atoms with Crippen LogP contribution in [-0.2, 0) is 0 Å². The van der Waals surface area contributed by atoms with Crippen LogP contribution in [0.3, 0.4) is 0 Å². The molecule has 3 heteroatoms. The van der Waals surface area contributed by atoms with E-state index >= 15 is 0 Å². The molecule has 0 bridgehead atoms. The lowest BCUT2D eigenvalue weighted by Crippen LogP contribution is -1.93. The van der Waals surface area contributed by atoms with Crippen LogP contribution in [0.15, 0.2) is 59.5 Å². The van der Waals surface area contributed by atoms with Gasteiger partial charge >= 0.3 is 0 Å². The van der Waals surface area contributed by atoms with E-state index in [2.05, 4.69) is 60.6 Å². The molecule has 0 amide bonds. The Hall–Kier alpha value is -1.50. The summed E-state index contributed by atoms with van der Waals surface area (Å²) in [6, 6.07) is 18.7. The molecule has 1 nitrogen and oxygen atoms in total. The molecular weight excluding hydrogens is 368 g/mol. The molecule has 0 unspecified atom stereocenters. The number of hydrogen-bond donors (Lipinski definition) is 0. The van der Waals surface area contributed by atoms with Crippen LogP contribution in [0.1, 0.15) is 56.3 Å². The minimum atomic E-state index is 0.243. The monoisotopic (exact) mass is 398 g/mol. The van der Waals surface area contributed by atoms with Crippen LogP contribution in [0.2, 0.25) is 0 Å². The number of unbranched alkanes of at least 4 members (excludes halogenated alkanes) is 5. The van der Waals surface area contributed by atoms with E-state index in [1.165, 1.54) is 49.8 Å². The highest BCUT2D eigenvalue weighted by atomic mass is 32.2. The number of rotatable bonds is 11. The lowest BCUT2D eigenvalue weighted by atomic mass is 10.1. The Morgan fingerprint density at radius 3 is 2.30 bits per heavy atom. The Morgan fingerprint density at radius 2 is 1.59 bits per heavy atom. The molecule has 1 atom stereocenters. The van der Waals surface area contributed by atoms with Crippen molar-refractivity contribution in [2.24, 2.45) is 0 Å². The minimum absolute atomic E-state index is 0.243. The highest BCUT2D eigenvalue weighted by Gasteiger charge is 2.08. The van der Waals surface area contributed by atoms with Crippen LogP contribution in [0.4, 0.5) is 0 Å². The summed E-state index contributed by atoms with van der Waals surface area (Å²) in [5, 5.41) is 3.55. The molecular formula is C24H30OS2. The molecule has 0 radical (unpaired) electrons. The third kappa shape index (κ3) is 8.82. The zero-order chi connectivity index (χ0) is 19.2. The van der Waals surface area contributed by atoms with Crippen molar-refractivity contribution in [2.75, 3.05) is 12.9 Å². The second kappa shape index (κ2) is 13.6. The summed E-state index contributed by atoms with van der Waals surface area (Å²) < 4.78 is 5.21. The maximum Gasteiger partial charge on any atom is 0.118 e. The van der Waals surface area contributed by atoms with Crippen molar-refractivity contribution in [2.45, 2.75) is 55.6 Å². The topological polar surface area (TPSA) is 9.23 Å². The maximum atomic E-state index is 5.21. The number of hydrogen-bond acceptors (Lipinski definition) is 3. The molecule has 0 fully saturated rings. The second-order valence-electron chi connectivity index (χ2n) is 6.45. The molecule has 0 aliphatic rings. The summed E-state index contributed by atoms with van der Waals surface area (Å²) in [6.07, 6.45) is 8.04. The molecule has 27 heavy (non-hydrogen) atoms. The van der Waals surface area contributed by atoms with Gasteiger partial charge in [-0.3, -0.25) is 0 Å². The molecule has 2 aromatic rings. The van der Waals surface area contributed by atoms with Crippen LogP contribution < -0.4 is 4.74 Å². The summed E-state index contributed by atoms with van der Waals surface area (Å²) in [5.74, 6) is 5.52. The van der Waals surface area contributed by atoms with Gasteiger partial charge in [-0.15, -0.1) is 11.8 Å². The third-order valence-corrected chi connectivity index (χ3v) is 6.28. The number of benzene rings is 2. The molecule has 0 N–H and O–H groups in total. The molecule has 0 spiro atoms. The first-order valence-corrected chi connectivity index (χ1v) is 11.7. The van der Waals surface area contributed by atoms with Crippen LogP contribution >= 0.6 is 23.5 Å². The Morgan fingerprint density at radius 1 is 0.889 bits per heavy atom. The van der Waals surface area contributed by atoms with Gasteiger partial charge in [0, 0.05) is 4.90 Å². The molecule has 0 saturated heterocycles. The molecule has 144 valence electrons. The average Bonchev–Trinajstić information content (AvgIpc) is 2.73. The molecule has 2 rings (SSSR count). The Kier molecular flexibility index (Phi) is 11.0. The minimum Gasteiger partial charge on any atom is -0.497 e. The van der Waals surface area contributed by atoms with Gasteiger partial charge in [-0.1, -0.05) is 75.3 Å². The number of ether oxygens (including phenoxy) is 1. The summed E-state index contributed by atoms with van der Waals surface area (Å²) >= 11 is 3.56. The van der Waals surface area contributed by atoms with Gasteiger partial charge in [-0.25, -0.2) is 0 Å². The lowest BCUT2D eigenvalue weighted by molar-refractivity contribution is 0.414. The zero-order valence-corrected chi connectivity index (χ0v) is 18.1. The molecule has 0 saturated carbocycles. The average molecular weight is 399 g/mol. The predicted octanol–water partition coefficient (Wildman–Crippen LogP) is 7.58. The largest absolute Gasteiger partial charge is 0.497 e. The summed E-state index contributed by atoms with van der Waals surface area (Å²) in [7, 11) is 1.69. The summed E-state index contributed by atoms with van der Waals surface area (Å²) in [4.78, 5) is 1.15. The van der Waals surface area contributed by atoms with Gasteiger partial charge in [0.1, 0.15) is 5.75 Å². The van der Waals surface area contributed by atoms with Crippen molar-refractivity contribution in [1.82, 2.24) is 0 Å². The van der Waals surface area contributed by atoms with Crippen molar-refractivity contribution >= 4 is 23.5 Å². The number of thioether (sulfide) groups is 2. The van der Waals surface area contributed by atoms with Crippen LogP contribution in [0.5, 0.6) is 5.75 Å². The van der Waals surface area contributed by atoms with E-state index in [0.717, 1.165) is 10.6 Å². The van der Waals surface area contributed by atoms with Gasteiger partial charge in [0.15, 0.2) is 0 Å². The van der Waals surface area contributed by atoms with Crippen molar-refractivity contribution in [3.8, 4) is 16.9 Å². The van der Waals surface area contributed by atoms with E-state index in [1.807, 2.05) is 23.9 Å². The van der Waals surface area contributed by atoms with Gasteiger partial charge in [-0.05, 0) is 59.0 Å². The van der Waals surface area contributed by atoms with Crippen molar-refractivity contribution in [3.63, 3.8) is 0 Å². The fourth-order valence-corrected chi connectivity index (χ4v) is 4.46. The first-order chi connectivity index (χ1) is 13.3. The molecule has 2 aromatic carbocycles.